The molecule has 1 saturated heterocycles. The molecule has 1 aliphatic heterocycles. The summed E-state index contributed by atoms with van der Waals surface area (Å²) in [5, 5.41) is 0. The minimum absolute atomic E-state index is 0.0486. The summed E-state index contributed by atoms with van der Waals surface area (Å²) in [5.41, 5.74) is 0. The van der Waals surface area contributed by atoms with Crippen molar-refractivity contribution in [1.29, 1.82) is 0 Å². The van der Waals surface area contributed by atoms with Gasteiger partial charge in [-0.25, -0.2) is 16.8 Å². The number of thiophene rings is 1. The van der Waals surface area contributed by atoms with E-state index in [9.17, 15) is 16.8 Å². The molecule has 120 valence electrons. The van der Waals surface area contributed by atoms with E-state index in [1.165, 1.54) is 16.4 Å². The Bertz CT molecular complexity index is 709. The van der Waals surface area contributed by atoms with Crippen LogP contribution >= 0.6 is 22.9 Å². The van der Waals surface area contributed by atoms with Gasteiger partial charge < -0.3 is 0 Å². The number of halogens is 1. The highest BCUT2D eigenvalue weighted by Crippen LogP contribution is 2.31. The number of sulfonamides is 1. The summed E-state index contributed by atoms with van der Waals surface area (Å²) in [7, 11) is -6.85. The Hall–Kier alpha value is -0.150. The monoisotopic (exact) mass is 371 g/mol. The van der Waals surface area contributed by atoms with Crippen molar-refractivity contribution in [3.05, 3.63) is 16.5 Å². The third-order valence-corrected chi connectivity index (χ3v) is 8.64. The molecule has 1 aliphatic rings. The smallest absolute Gasteiger partial charge is 0.229 e. The molecule has 0 amide bonds. The third-order valence-electron chi connectivity index (χ3n) is 3.27. The molecule has 2 rings (SSSR count). The Morgan fingerprint density at radius 3 is 2.52 bits per heavy atom. The number of hydrogen-bond donors (Lipinski definition) is 0. The normalized spacial score (nSPS) is 22.2. The van der Waals surface area contributed by atoms with Crippen LogP contribution in [0.5, 0.6) is 0 Å². The first-order chi connectivity index (χ1) is 9.62. The maximum absolute atomic E-state index is 12.8. The van der Waals surface area contributed by atoms with E-state index in [1.807, 2.05) is 13.8 Å². The highest BCUT2D eigenvalue weighted by atomic mass is 35.5. The fourth-order valence-corrected chi connectivity index (χ4v) is 7.61. The molecule has 1 aromatic rings. The van der Waals surface area contributed by atoms with Crippen LogP contribution in [0.3, 0.4) is 0 Å². The molecule has 0 spiro atoms. The molecule has 2 heterocycles. The van der Waals surface area contributed by atoms with Gasteiger partial charge in [0.2, 0.25) is 0 Å². The van der Waals surface area contributed by atoms with Crippen LogP contribution in [-0.4, -0.2) is 45.2 Å². The zero-order valence-electron chi connectivity index (χ0n) is 11.8. The fraction of sp³-hybridized carbons (Fsp3) is 0.667. The lowest BCUT2D eigenvalue weighted by molar-refractivity contribution is 0.308. The number of hydrogen-bond acceptors (Lipinski definition) is 5. The molecule has 0 aliphatic carbocycles. The average molecular weight is 372 g/mol. The van der Waals surface area contributed by atoms with Crippen molar-refractivity contribution in [3.8, 4) is 0 Å². The van der Waals surface area contributed by atoms with Crippen molar-refractivity contribution in [2.75, 3.05) is 18.1 Å². The van der Waals surface area contributed by atoms with Gasteiger partial charge in [0.05, 0.1) is 15.8 Å². The zero-order chi connectivity index (χ0) is 15.8. The highest BCUT2D eigenvalue weighted by molar-refractivity contribution is 7.92. The Morgan fingerprint density at radius 1 is 1.43 bits per heavy atom. The molecule has 0 aromatic carbocycles. The van der Waals surface area contributed by atoms with Gasteiger partial charge in [-0.15, -0.1) is 11.3 Å². The summed E-state index contributed by atoms with van der Waals surface area (Å²) >= 11 is 6.82. The fourth-order valence-electron chi connectivity index (χ4n) is 2.36. The summed E-state index contributed by atoms with van der Waals surface area (Å²) < 4.78 is 50.7. The van der Waals surface area contributed by atoms with Crippen molar-refractivity contribution in [1.82, 2.24) is 4.31 Å². The summed E-state index contributed by atoms with van der Waals surface area (Å²) in [6.07, 6.45) is 0.355. The van der Waals surface area contributed by atoms with E-state index >= 15 is 0 Å². The molecule has 1 atom stereocenters. The van der Waals surface area contributed by atoms with Gasteiger partial charge in [0, 0.05) is 12.6 Å². The lowest BCUT2D eigenvalue weighted by atomic mass is 10.2. The van der Waals surface area contributed by atoms with Crippen molar-refractivity contribution < 1.29 is 16.8 Å². The number of rotatable bonds is 5. The maximum atomic E-state index is 12.8. The second kappa shape index (κ2) is 6.16. The van der Waals surface area contributed by atoms with Gasteiger partial charge in [-0.05, 0) is 24.5 Å². The average Bonchev–Trinajstić information content (AvgIpc) is 2.92. The van der Waals surface area contributed by atoms with Gasteiger partial charge in [0.15, 0.2) is 9.84 Å². The van der Waals surface area contributed by atoms with Crippen LogP contribution in [-0.2, 0) is 19.9 Å². The predicted octanol–water partition coefficient (Wildman–Crippen LogP) is 2.24. The Kier molecular flexibility index (Phi) is 5.04. The van der Waals surface area contributed by atoms with Gasteiger partial charge in [-0.1, -0.05) is 25.4 Å². The molecule has 5 nitrogen and oxygen atoms in total. The second-order valence-corrected chi connectivity index (χ2v) is 11.6. The third kappa shape index (κ3) is 3.98. The molecule has 0 N–H and O–H groups in total. The van der Waals surface area contributed by atoms with Crippen LogP contribution in [0.15, 0.2) is 16.3 Å². The Labute approximate surface area is 134 Å². The highest BCUT2D eigenvalue weighted by Gasteiger charge is 2.39. The number of sulfone groups is 1. The van der Waals surface area contributed by atoms with Gasteiger partial charge >= 0.3 is 0 Å². The molecule has 0 radical (unpaired) electrons. The van der Waals surface area contributed by atoms with Crippen molar-refractivity contribution >= 4 is 42.8 Å². The molecule has 9 heteroatoms. The molecule has 21 heavy (non-hydrogen) atoms. The van der Waals surface area contributed by atoms with Crippen LogP contribution in [0, 0.1) is 5.92 Å². The van der Waals surface area contributed by atoms with Crippen molar-refractivity contribution in [3.63, 3.8) is 0 Å². The van der Waals surface area contributed by atoms with Crippen LogP contribution in [0.2, 0.25) is 4.34 Å². The lowest BCUT2D eigenvalue weighted by Crippen LogP contribution is -2.42. The largest absolute Gasteiger partial charge is 0.252 e. The predicted molar refractivity (Wildman–Crippen MR) is 85.1 cm³/mol. The molecule has 1 aromatic heterocycles. The first kappa shape index (κ1) is 17.2. The van der Waals surface area contributed by atoms with Gasteiger partial charge in [0.25, 0.3) is 10.0 Å². The summed E-state index contributed by atoms with van der Waals surface area (Å²) in [6.45, 7) is 4.12. The van der Waals surface area contributed by atoms with E-state index in [0.29, 0.717) is 17.3 Å². The van der Waals surface area contributed by atoms with E-state index < -0.39 is 25.9 Å². The Balaban J connectivity index is 2.36. The Morgan fingerprint density at radius 2 is 2.10 bits per heavy atom. The van der Waals surface area contributed by atoms with Gasteiger partial charge in [0.1, 0.15) is 4.21 Å². The molecule has 0 bridgehead atoms. The molecule has 0 saturated carbocycles. The zero-order valence-corrected chi connectivity index (χ0v) is 15.0. The van der Waals surface area contributed by atoms with Crippen LogP contribution < -0.4 is 0 Å². The topological polar surface area (TPSA) is 71.5 Å². The SMILES string of the molecule is CC(C)CN([C@H]1CCS(=O)(=O)C1)S(=O)(=O)c1ccc(Cl)s1. The summed E-state index contributed by atoms with van der Waals surface area (Å²) in [4.78, 5) is 0. The first-order valence-corrected chi connectivity index (χ1v) is 11.0. The molecule has 1 fully saturated rings. The molecule has 0 unspecified atom stereocenters. The summed E-state index contributed by atoms with van der Waals surface area (Å²) in [6, 6.07) is 2.53. The quantitative estimate of drug-likeness (QED) is 0.795. The van der Waals surface area contributed by atoms with Gasteiger partial charge in [-0.2, -0.15) is 4.31 Å². The van der Waals surface area contributed by atoms with E-state index in [1.54, 1.807) is 0 Å². The minimum Gasteiger partial charge on any atom is -0.229 e. The number of nitrogens with zero attached hydrogens (tertiary/aromatic N) is 1. The van der Waals surface area contributed by atoms with E-state index in [-0.39, 0.29) is 21.6 Å². The first-order valence-electron chi connectivity index (χ1n) is 6.59. The second-order valence-electron chi connectivity index (χ2n) is 5.58. The molecular weight excluding hydrogens is 354 g/mol. The summed E-state index contributed by atoms with van der Waals surface area (Å²) in [5.74, 6) is 0.0592. The van der Waals surface area contributed by atoms with Crippen LogP contribution in [0.4, 0.5) is 0 Å². The lowest BCUT2D eigenvalue weighted by Gasteiger charge is -2.28. The maximum Gasteiger partial charge on any atom is 0.252 e. The van der Waals surface area contributed by atoms with E-state index in [4.69, 9.17) is 11.6 Å². The van der Waals surface area contributed by atoms with Crippen molar-refractivity contribution in [2.24, 2.45) is 5.92 Å². The molecular formula is C12H18ClNO4S3. The van der Waals surface area contributed by atoms with Crippen LogP contribution in [0.25, 0.3) is 0 Å². The van der Waals surface area contributed by atoms with Crippen LogP contribution in [0.1, 0.15) is 20.3 Å². The van der Waals surface area contributed by atoms with E-state index in [0.717, 1.165) is 11.3 Å². The van der Waals surface area contributed by atoms with E-state index in [2.05, 4.69) is 0 Å². The van der Waals surface area contributed by atoms with Gasteiger partial charge in [-0.3, -0.25) is 0 Å². The standard InChI is InChI=1S/C12H18ClNO4S3/c1-9(2)7-14(10-5-6-20(15,16)8-10)21(17,18)12-4-3-11(13)19-12/h3-4,9-10H,5-8H2,1-2H3/t10-/m0/s1. The minimum atomic E-state index is -3.71. The van der Waals surface area contributed by atoms with Crippen molar-refractivity contribution in [2.45, 2.75) is 30.5 Å².